The summed E-state index contributed by atoms with van der Waals surface area (Å²) in [6, 6.07) is 0. The molecule has 1 aliphatic heterocycles. The minimum Gasteiger partial charge on any atom is -0.301 e. The molecule has 0 aromatic carbocycles. The Labute approximate surface area is 133 Å². The summed E-state index contributed by atoms with van der Waals surface area (Å²) < 4.78 is 0. The van der Waals surface area contributed by atoms with Gasteiger partial charge in [0, 0.05) is 32.7 Å². The molecule has 0 amide bonds. The molecule has 2 heteroatoms. The largest absolute Gasteiger partial charge is 0.301 e. The molecular weight excluding hydrogens is 256 g/mol. The van der Waals surface area contributed by atoms with E-state index < -0.39 is 0 Å². The van der Waals surface area contributed by atoms with E-state index in [2.05, 4.69) is 57.9 Å². The molecule has 0 spiro atoms. The summed E-state index contributed by atoms with van der Waals surface area (Å²) in [6.45, 7) is 25.7. The van der Waals surface area contributed by atoms with Crippen LogP contribution >= 0.6 is 0 Å². The van der Waals surface area contributed by atoms with Gasteiger partial charge < -0.3 is 9.80 Å². The maximum absolute atomic E-state index is 4.24. The fourth-order valence-corrected chi connectivity index (χ4v) is 2.91. The molecular formula is C19H38N2. The molecule has 21 heavy (non-hydrogen) atoms. The zero-order chi connectivity index (χ0) is 16.0. The molecule has 0 saturated carbocycles. The second-order valence-electron chi connectivity index (χ2n) is 7.95. The van der Waals surface area contributed by atoms with Crippen molar-refractivity contribution in [1.82, 2.24) is 9.80 Å². The molecule has 1 rings (SSSR count). The van der Waals surface area contributed by atoms with E-state index in [1.54, 1.807) is 0 Å². The quantitative estimate of drug-likeness (QED) is 0.617. The first kappa shape index (κ1) is 18.7. The Balaban J connectivity index is 2.29. The van der Waals surface area contributed by atoms with E-state index in [0.29, 0.717) is 0 Å². The SMILES string of the molecule is C=C(CC)C(C)(C)CCN1CCN(CC(C)C(C)C)CC1. The standard InChI is InChI=1S/C19H38N2/c1-8-18(5)19(6,7)9-10-20-11-13-21(14-12-20)15-17(4)16(2)3/h16-17H,5,8-15H2,1-4,6-7H3. The van der Waals surface area contributed by atoms with Crippen molar-refractivity contribution in [2.45, 2.75) is 54.4 Å². The summed E-state index contributed by atoms with van der Waals surface area (Å²) in [6.07, 6.45) is 2.34. The minimum atomic E-state index is 0.290. The van der Waals surface area contributed by atoms with Crippen LogP contribution in [0.15, 0.2) is 12.2 Å². The van der Waals surface area contributed by atoms with Crippen LogP contribution in [0.3, 0.4) is 0 Å². The van der Waals surface area contributed by atoms with Gasteiger partial charge in [-0.25, -0.2) is 0 Å². The average molecular weight is 295 g/mol. The molecule has 124 valence electrons. The zero-order valence-corrected chi connectivity index (χ0v) is 15.4. The van der Waals surface area contributed by atoms with Crippen LogP contribution in [-0.2, 0) is 0 Å². The van der Waals surface area contributed by atoms with Crippen LogP contribution in [0.25, 0.3) is 0 Å². The van der Waals surface area contributed by atoms with Crippen molar-refractivity contribution in [3.8, 4) is 0 Å². The lowest BCUT2D eigenvalue weighted by Gasteiger charge is -2.38. The maximum atomic E-state index is 4.24. The van der Waals surface area contributed by atoms with E-state index in [-0.39, 0.29) is 5.41 Å². The van der Waals surface area contributed by atoms with Crippen molar-refractivity contribution in [3.63, 3.8) is 0 Å². The van der Waals surface area contributed by atoms with Crippen molar-refractivity contribution in [1.29, 1.82) is 0 Å². The topological polar surface area (TPSA) is 6.48 Å². The van der Waals surface area contributed by atoms with Crippen LogP contribution in [0.5, 0.6) is 0 Å². The van der Waals surface area contributed by atoms with Crippen LogP contribution in [0, 0.1) is 17.3 Å². The van der Waals surface area contributed by atoms with Gasteiger partial charge in [0.2, 0.25) is 0 Å². The zero-order valence-electron chi connectivity index (χ0n) is 15.4. The van der Waals surface area contributed by atoms with Gasteiger partial charge >= 0.3 is 0 Å². The van der Waals surface area contributed by atoms with Gasteiger partial charge in [0.15, 0.2) is 0 Å². The van der Waals surface area contributed by atoms with E-state index >= 15 is 0 Å². The number of allylic oxidation sites excluding steroid dienone is 1. The van der Waals surface area contributed by atoms with Gasteiger partial charge in [0.05, 0.1) is 0 Å². The van der Waals surface area contributed by atoms with Crippen molar-refractivity contribution in [3.05, 3.63) is 12.2 Å². The highest BCUT2D eigenvalue weighted by Gasteiger charge is 2.24. The third-order valence-corrected chi connectivity index (χ3v) is 5.59. The molecule has 0 aromatic rings. The number of hydrogen-bond donors (Lipinski definition) is 0. The van der Waals surface area contributed by atoms with Crippen LogP contribution < -0.4 is 0 Å². The van der Waals surface area contributed by atoms with Gasteiger partial charge in [-0.2, -0.15) is 0 Å². The molecule has 1 aliphatic rings. The van der Waals surface area contributed by atoms with Gasteiger partial charge in [-0.1, -0.05) is 53.7 Å². The van der Waals surface area contributed by atoms with Crippen molar-refractivity contribution >= 4 is 0 Å². The lowest BCUT2D eigenvalue weighted by molar-refractivity contribution is 0.105. The Bertz CT molecular complexity index is 312. The highest BCUT2D eigenvalue weighted by Crippen LogP contribution is 2.31. The van der Waals surface area contributed by atoms with Gasteiger partial charge in [-0.15, -0.1) is 0 Å². The molecule has 0 radical (unpaired) electrons. The third kappa shape index (κ3) is 6.12. The number of nitrogens with zero attached hydrogens (tertiary/aromatic N) is 2. The van der Waals surface area contributed by atoms with Crippen LogP contribution in [0.4, 0.5) is 0 Å². The fourth-order valence-electron chi connectivity index (χ4n) is 2.91. The molecule has 2 nitrogen and oxygen atoms in total. The minimum absolute atomic E-state index is 0.290. The number of rotatable bonds is 8. The fraction of sp³-hybridized carbons (Fsp3) is 0.895. The predicted octanol–water partition coefficient (Wildman–Crippen LogP) is 4.28. The monoisotopic (exact) mass is 294 g/mol. The van der Waals surface area contributed by atoms with Crippen LogP contribution in [-0.4, -0.2) is 49.1 Å². The second kappa shape index (κ2) is 8.33. The number of hydrogen-bond acceptors (Lipinski definition) is 2. The van der Waals surface area contributed by atoms with Crippen molar-refractivity contribution in [2.75, 3.05) is 39.3 Å². The highest BCUT2D eigenvalue weighted by molar-refractivity contribution is 5.06. The van der Waals surface area contributed by atoms with Gasteiger partial charge in [-0.3, -0.25) is 0 Å². The smallest absolute Gasteiger partial charge is 0.0110 e. The maximum Gasteiger partial charge on any atom is 0.0110 e. The Morgan fingerprint density at radius 3 is 2.05 bits per heavy atom. The summed E-state index contributed by atoms with van der Waals surface area (Å²) in [5.41, 5.74) is 1.68. The first-order valence-corrected chi connectivity index (χ1v) is 8.89. The summed E-state index contributed by atoms with van der Waals surface area (Å²) >= 11 is 0. The van der Waals surface area contributed by atoms with Crippen LogP contribution in [0.1, 0.15) is 54.4 Å². The molecule has 0 bridgehead atoms. The molecule has 1 saturated heterocycles. The van der Waals surface area contributed by atoms with Gasteiger partial charge in [-0.05, 0) is 36.6 Å². The molecule has 1 heterocycles. The molecule has 0 N–H and O–H groups in total. The molecule has 1 unspecified atom stereocenters. The van der Waals surface area contributed by atoms with Crippen molar-refractivity contribution < 1.29 is 0 Å². The molecule has 0 aromatic heterocycles. The normalized spacial score (nSPS) is 20.0. The van der Waals surface area contributed by atoms with E-state index in [4.69, 9.17) is 0 Å². The van der Waals surface area contributed by atoms with Crippen LogP contribution in [0.2, 0.25) is 0 Å². The van der Waals surface area contributed by atoms with Crippen molar-refractivity contribution in [2.24, 2.45) is 17.3 Å². The summed E-state index contributed by atoms with van der Waals surface area (Å²) in [5.74, 6) is 1.60. The summed E-state index contributed by atoms with van der Waals surface area (Å²) in [5, 5.41) is 0. The summed E-state index contributed by atoms with van der Waals surface area (Å²) in [4.78, 5) is 5.29. The van der Waals surface area contributed by atoms with Gasteiger partial charge in [0.25, 0.3) is 0 Å². The Morgan fingerprint density at radius 2 is 1.57 bits per heavy atom. The average Bonchev–Trinajstić information content (AvgIpc) is 2.45. The summed E-state index contributed by atoms with van der Waals surface area (Å²) in [7, 11) is 0. The molecule has 1 atom stereocenters. The lowest BCUT2D eigenvalue weighted by Crippen LogP contribution is -2.48. The Morgan fingerprint density at radius 1 is 1.05 bits per heavy atom. The first-order valence-electron chi connectivity index (χ1n) is 8.89. The van der Waals surface area contributed by atoms with E-state index in [0.717, 1.165) is 18.3 Å². The van der Waals surface area contributed by atoms with Gasteiger partial charge in [0.1, 0.15) is 0 Å². The Hall–Kier alpha value is -0.340. The second-order valence-corrected chi connectivity index (χ2v) is 7.95. The van der Waals surface area contributed by atoms with E-state index in [9.17, 15) is 0 Å². The lowest BCUT2D eigenvalue weighted by atomic mass is 9.80. The molecule has 0 aliphatic carbocycles. The number of piperazine rings is 1. The third-order valence-electron chi connectivity index (χ3n) is 5.59. The first-order chi connectivity index (χ1) is 9.76. The highest BCUT2D eigenvalue weighted by atomic mass is 15.3. The predicted molar refractivity (Wildman–Crippen MR) is 94.7 cm³/mol. The molecule has 1 fully saturated rings. The van der Waals surface area contributed by atoms with E-state index in [1.807, 2.05) is 0 Å². The Kier molecular flexibility index (Phi) is 7.42. The van der Waals surface area contributed by atoms with E-state index in [1.165, 1.54) is 51.3 Å².